The van der Waals surface area contributed by atoms with Crippen molar-refractivity contribution in [1.29, 1.82) is 0 Å². The fourth-order valence-corrected chi connectivity index (χ4v) is 1.40. The summed E-state index contributed by atoms with van der Waals surface area (Å²) in [5.41, 5.74) is 2.01. The van der Waals surface area contributed by atoms with Gasteiger partial charge < -0.3 is 0 Å². The number of rotatable bonds is 4. The van der Waals surface area contributed by atoms with Crippen molar-refractivity contribution in [3.05, 3.63) is 35.4 Å². The van der Waals surface area contributed by atoms with Gasteiger partial charge in [0.2, 0.25) is 0 Å². The van der Waals surface area contributed by atoms with E-state index in [-0.39, 0.29) is 11.7 Å². The normalized spacial score (nSPS) is 12.5. The summed E-state index contributed by atoms with van der Waals surface area (Å²) in [5, 5.41) is 0. The van der Waals surface area contributed by atoms with E-state index in [4.69, 9.17) is 11.6 Å². The summed E-state index contributed by atoms with van der Waals surface area (Å²) in [5.74, 6) is 0.417. The maximum Gasteiger partial charge on any atom is 0.166 e. The van der Waals surface area contributed by atoms with Crippen LogP contribution in [0.5, 0.6) is 0 Å². The molecule has 0 amide bonds. The van der Waals surface area contributed by atoms with Gasteiger partial charge in [0.15, 0.2) is 5.78 Å². The molecule has 1 aromatic rings. The van der Waals surface area contributed by atoms with Crippen LogP contribution in [0.15, 0.2) is 24.3 Å². The minimum Gasteiger partial charge on any atom is -0.294 e. The molecule has 0 saturated heterocycles. The zero-order valence-corrected chi connectivity index (χ0v) is 9.34. The molecule has 0 radical (unpaired) electrons. The number of Topliss-reactive ketones (excluding diaryl/α,β-unsaturated/α-hetero) is 1. The van der Waals surface area contributed by atoms with Crippen molar-refractivity contribution in [3.63, 3.8) is 0 Å². The van der Waals surface area contributed by atoms with Crippen LogP contribution in [0.4, 0.5) is 0 Å². The van der Waals surface area contributed by atoms with Gasteiger partial charge in [-0.15, -0.1) is 11.6 Å². The lowest BCUT2D eigenvalue weighted by Gasteiger charge is -2.06. The minimum atomic E-state index is -0.0934. The van der Waals surface area contributed by atoms with Crippen molar-refractivity contribution in [2.45, 2.75) is 20.3 Å². The number of halogens is 1. The fraction of sp³-hybridized carbons (Fsp3) is 0.417. The molecule has 0 spiro atoms. The quantitative estimate of drug-likeness (QED) is 0.551. The smallest absolute Gasteiger partial charge is 0.166 e. The standard InChI is InChI=1S/C12H15ClO/c1-3-10-4-6-11(7-5-10)12(14)9(2)8-13/h4-7,9H,3,8H2,1-2H3. The molecule has 0 aromatic heterocycles. The van der Waals surface area contributed by atoms with Crippen molar-refractivity contribution in [2.75, 3.05) is 5.88 Å². The largest absolute Gasteiger partial charge is 0.294 e. The molecular weight excluding hydrogens is 196 g/mol. The summed E-state index contributed by atoms with van der Waals surface area (Å²) in [6.07, 6.45) is 1.000. The highest BCUT2D eigenvalue weighted by Gasteiger charge is 2.13. The van der Waals surface area contributed by atoms with Crippen LogP contribution in [-0.4, -0.2) is 11.7 Å². The number of benzene rings is 1. The second kappa shape index (κ2) is 5.16. The first kappa shape index (κ1) is 11.3. The molecule has 0 saturated carbocycles. The predicted octanol–water partition coefficient (Wildman–Crippen LogP) is 3.31. The Morgan fingerprint density at radius 1 is 1.36 bits per heavy atom. The summed E-state index contributed by atoms with van der Waals surface area (Å²) in [7, 11) is 0. The lowest BCUT2D eigenvalue weighted by atomic mass is 9.99. The first-order valence-electron chi connectivity index (χ1n) is 4.88. The van der Waals surface area contributed by atoms with Gasteiger partial charge in [0, 0.05) is 17.4 Å². The molecule has 1 nitrogen and oxygen atoms in total. The van der Waals surface area contributed by atoms with Crippen molar-refractivity contribution in [3.8, 4) is 0 Å². The van der Waals surface area contributed by atoms with Crippen molar-refractivity contribution in [1.82, 2.24) is 0 Å². The Labute approximate surface area is 90.1 Å². The second-order valence-electron chi connectivity index (χ2n) is 3.47. The highest BCUT2D eigenvalue weighted by atomic mass is 35.5. The third kappa shape index (κ3) is 2.58. The van der Waals surface area contributed by atoms with Gasteiger partial charge in [-0.3, -0.25) is 4.79 Å². The number of ketones is 1. The first-order chi connectivity index (χ1) is 6.69. The Hall–Kier alpha value is -0.820. The zero-order chi connectivity index (χ0) is 10.6. The van der Waals surface area contributed by atoms with E-state index in [9.17, 15) is 4.79 Å². The van der Waals surface area contributed by atoms with E-state index in [1.165, 1.54) is 5.56 Å². The Morgan fingerprint density at radius 2 is 1.93 bits per heavy atom. The first-order valence-corrected chi connectivity index (χ1v) is 5.41. The van der Waals surface area contributed by atoms with Crippen molar-refractivity contribution >= 4 is 17.4 Å². The summed E-state index contributed by atoms with van der Waals surface area (Å²) < 4.78 is 0. The Bertz CT molecular complexity index is 303. The maximum absolute atomic E-state index is 11.7. The van der Waals surface area contributed by atoms with E-state index in [0.29, 0.717) is 5.88 Å². The van der Waals surface area contributed by atoms with Crippen LogP contribution in [0, 0.1) is 5.92 Å². The van der Waals surface area contributed by atoms with Crippen molar-refractivity contribution in [2.24, 2.45) is 5.92 Å². The van der Waals surface area contributed by atoms with E-state index >= 15 is 0 Å². The minimum absolute atomic E-state index is 0.0934. The lowest BCUT2D eigenvalue weighted by molar-refractivity contribution is 0.0941. The number of hydrogen-bond acceptors (Lipinski definition) is 1. The molecule has 0 fully saturated rings. The third-order valence-electron chi connectivity index (χ3n) is 2.33. The van der Waals surface area contributed by atoms with E-state index in [0.717, 1.165) is 12.0 Å². The summed E-state index contributed by atoms with van der Waals surface area (Å²) in [6, 6.07) is 7.75. The van der Waals surface area contributed by atoms with Gasteiger partial charge in [-0.1, -0.05) is 38.1 Å². The molecule has 1 rings (SSSR count). The highest BCUT2D eigenvalue weighted by molar-refractivity contribution is 6.20. The Balaban J connectivity index is 2.81. The molecule has 0 aliphatic carbocycles. The SMILES string of the molecule is CCc1ccc(C(=O)C(C)CCl)cc1. The summed E-state index contributed by atoms with van der Waals surface area (Å²) >= 11 is 5.63. The average molecular weight is 211 g/mol. The summed E-state index contributed by atoms with van der Waals surface area (Å²) in [6.45, 7) is 3.95. The van der Waals surface area contributed by atoms with Crippen LogP contribution in [0.2, 0.25) is 0 Å². The molecule has 2 heteroatoms. The van der Waals surface area contributed by atoms with Crippen LogP contribution in [0.3, 0.4) is 0 Å². The third-order valence-corrected chi connectivity index (χ3v) is 2.79. The molecule has 0 aliphatic heterocycles. The van der Waals surface area contributed by atoms with Gasteiger partial charge in [-0.25, -0.2) is 0 Å². The van der Waals surface area contributed by atoms with Crippen LogP contribution in [0.1, 0.15) is 29.8 Å². The molecule has 0 bridgehead atoms. The van der Waals surface area contributed by atoms with Gasteiger partial charge in [0.1, 0.15) is 0 Å². The van der Waals surface area contributed by atoms with Gasteiger partial charge >= 0.3 is 0 Å². The Kier molecular flexibility index (Phi) is 4.15. The molecule has 0 N–H and O–H groups in total. The van der Waals surface area contributed by atoms with E-state index < -0.39 is 0 Å². The molecule has 0 heterocycles. The summed E-state index contributed by atoms with van der Waals surface area (Å²) in [4.78, 5) is 11.7. The lowest BCUT2D eigenvalue weighted by Crippen LogP contribution is -2.12. The molecule has 0 aliphatic rings. The van der Waals surface area contributed by atoms with Gasteiger partial charge in [-0.2, -0.15) is 0 Å². The number of hydrogen-bond donors (Lipinski definition) is 0. The van der Waals surface area contributed by atoms with E-state index in [1.54, 1.807) is 0 Å². The van der Waals surface area contributed by atoms with Crippen molar-refractivity contribution < 1.29 is 4.79 Å². The van der Waals surface area contributed by atoms with Crippen LogP contribution in [-0.2, 0) is 6.42 Å². The van der Waals surface area contributed by atoms with Gasteiger partial charge in [0.25, 0.3) is 0 Å². The topological polar surface area (TPSA) is 17.1 Å². The van der Waals surface area contributed by atoms with Gasteiger partial charge in [-0.05, 0) is 12.0 Å². The molecule has 1 aromatic carbocycles. The Morgan fingerprint density at radius 3 is 2.36 bits per heavy atom. The maximum atomic E-state index is 11.7. The van der Waals surface area contributed by atoms with E-state index in [1.807, 2.05) is 31.2 Å². The number of alkyl halides is 1. The predicted molar refractivity (Wildman–Crippen MR) is 60.0 cm³/mol. The number of carbonyl (C=O) groups excluding carboxylic acids is 1. The van der Waals surface area contributed by atoms with Crippen LogP contribution >= 0.6 is 11.6 Å². The highest BCUT2D eigenvalue weighted by Crippen LogP contribution is 2.11. The van der Waals surface area contributed by atoms with Crippen LogP contribution in [0.25, 0.3) is 0 Å². The molecular formula is C12H15ClO. The zero-order valence-electron chi connectivity index (χ0n) is 8.59. The molecule has 1 atom stereocenters. The molecule has 76 valence electrons. The van der Waals surface area contributed by atoms with Gasteiger partial charge in [0.05, 0.1) is 0 Å². The monoisotopic (exact) mass is 210 g/mol. The molecule has 1 unspecified atom stereocenters. The fourth-order valence-electron chi connectivity index (χ4n) is 1.26. The second-order valence-corrected chi connectivity index (χ2v) is 3.78. The number of aryl methyl sites for hydroxylation is 1. The average Bonchev–Trinajstić information content (AvgIpc) is 2.27. The molecule has 14 heavy (non-hydrogen) atoms. The van der Waals surface area contributed by atoms with Crippen LogP contribution < -0.4 is 0 Å². The van der Waals surface area contributed by atoms with E-state index in [2.05, 4.69) is 6.92 Å². The number of carbonyl (C=O) groups is 1.